The summed E-state index contributed by atoms with van der Waals surface area (Å²) in [4.78, 5) is 9.34. The third kappa shape index (κ3) is 4.51. The van der Waals surface area contributed by atoms with Crippen LogP contribution < -0.4 is 5.73 Å². The number of pyridine rings is 2. The second kappa shape index (κ2) is 9.17. The van der Waals surface area contributed by atoms with E-state index in [1.54, 1.807) is 24.7 Å². The zero-order valence-corrected chi connectivity index (χ0v) is 15.6. The quantitative estimate of drug-likeness (QED) is 0.674. The molecule has 0 aliphatic rings. The van der Waals surface area contributed by atoms with E-state index in [9.17, 15) is 5.11 Å². The van der Waals surface area contributed by atoms with E-state index in [1.807, 2.05) is 30.3 Å². The first-order valence-corrected chi connectivity index (χ1v) is 8.58. The minimum Gasteiger partial charge on any atom is -0.392 e. The van der Waals surface area contributed by atoms with Crippen LogP contribution in [0.2, 0.25) is 5.02 Å². The number of hydrogen-bond acceptors (Lipinski definition) is 5. The molecule has 0 saturated carbocycles. The van der Waals surface area contributed by atoms with Gasteiger partial charge in [-0.1, -0.05) is 35.5 Å². The maximum atomic E-state index is 9.47. The van der Waals surface area contributed by atoms with E-state index < -0.39 is 0 Å². The first-order chi connectivity index (χ1) is 11.7. The van der Waals surface area contributed by atoms with E-state index in [0.29, 0.717) is 11.6 Å². The van der Waals surface area contributed by atoms with Crippen LogP contribution in [-0.2, 0) is 13.2 Å². The molecule has 1 aromatic carbocycles. The Bertz CT molecular complexity index is 847. The molecule has 0 bridgehead atoms. The molecule has 0 aliphatic carbocycles. The van der Waals surface area contributed by atoms with Gasteiger partial charge in [0.05, 0.1) is 11.6 Å². The van der Waals surface area contributed by atoms with Gasteiger partial charge in [0.2, 0.25) is 0 Å². The minimum atomic E-state index is -0.0699. The van der Waals surface area contributed by atoms with E-state index >= 15 is 0 Å². The van der Waals surface area contributed by atoms with Crippen LogP contribution in [0.1, 0.15) is 11.1 Å². The van der Waals surface area contributed by atoms with Gasteiger partial charge < -0.3 is 10.8 Å². The fourth-order valence-electron chi connectivity index (χ4n) is 2.35. The fourth-order valence-corrected chi connectivity index (χ4v) is 3.70. The third-order valence-corrected chi connectivity index (χ3v) is 5.21. The molecule has 3 N–H and O–H groups in total. The van der Waals surface area contributed by atoms with Crippen molar-refractivity contribution in [1.29, 1.82) is 0 Å². The highest BCUT2D eigenvalue weighted by Gasteiger charge is 2.14. The van der Waals surface area contributed by atoms with Crippen molar-refractivity contribution in [3.63, 3.8) is 0 Å². The molecule has 2 aromatic heterocycles. The largest absolute Gasteiger partial charge is 0.392 e. The molecule has 0 spiro atoms. The van der Waals surface area contributed by atoms with Crippen LogP contribution in [0.15, 0.2) is 64.9 Å². The Labute approximate surface area is 161 Å². The summed E-state index contributed by atoms with van der Waals surface area (Å²) in [5, 5.41) is 10.8. The monoisotopic (exact) mass is 393 g/mol. The molecule has 3 aromatic rings. The van der Waals surface area contributed by atoms with E-state index in [4.69, 9.17) is 17.3 Å². The van der Waals surface area contributed by atoms with Gasteiger partial charge in [-0.3, -0.25) is 4.98 Å². The van der Waals surface area contributed by atoms with Gasteiger partial charge in [0.1, 0.15) is 5.03 Å². The number of aliphatic hydroxyl groups excluding tert-OH is 1. The summed E-state index contributed by atoms with van der Waals surface area (Å²) in [6.07, 6.45) is 5.22. The molecule has 0 unspecified atom stereocenters. The second-order valence-electron chi connectivity index (χ2n) is 5.12. The number of rotatable bonds is 5. The van der Waals surface area contributed by atoms with Crippen LogP contribution in [-0.4, -0.2) is 15.1 Å². The highest BCUT2D eigenvalue weighted by Crippen LogP contribution is 2.39. The first kappa shape index (κ1) is 19.7. The predicted molar refractivity (Wildman–Crippen MR) is 104 cm³/mol. The topological polar surface area (TPSA) is 72.0 Å². The molecule has 4 nitrogen and oxygen atoms in total. The van der Waals surface area contributed by atoms with Crippen molar-refractivity contribution in [2.45, 2.75) is 23.1 Å². The lowest BCUT2D eigenvalue weighted by atomic mass is 10.0. The molecule has 0 saturated heterocycles. The van der Waals surface area contributed by atoms with Crippen molar-refractivity contribution in [3.05, 3.63) is 71.1 Å². The van der Waals surface area contributed by atoms with Crippen molar-refractivity contribution in [1.82, 2.24) is 9.97 Å². The molecule has 0 amide bonds. The van der Waals surface area contributed by atoms with Crippen LogP contribution >= 0.6 is 35.8 Å². The van der Waals surface area contributed by atoms with Gasteiger partial charge in [0.15, 0.2) is 0 Å². The van der Waals surface area contributed by atoms with Gasteiger partial charge >= 0.3 is 0 Å². The van der Waals surface area contributed by atoms with Crippen molar-refractivity contribution in [2.75, 3.05) is 0 Å². The Morgan fingerprint density at radius 1 is 1.08 bits per heavy atom. The molecular weight excluding hydrogens is 377 g/mol. The van der Waals surface area contributed by atoms with Crippen LogP contribution in [0.4, 0.5) is 0 Å². The molecule has 0 radical (unpaired) electrons. The Hall–Kier alpha value is -1.63. The van der Waals surface area contributed by atoms with Crippen LogP contribution in [0.3, 0.4) is 0 Å². The van der Waals surface area contributed by atoms with Gasteiger partial charge in [-0.15, -0.1) is 12.4 Å². The highest BCUT2D eigenvalue weighted by molar-refractivity contribution is 7.99. The lowest BCUT2D eigenvalue weighted by molar-refractivity contribution is 0.278. The van der Waals surface area contributed by atoms with Gasteiger partial charge in [-0.25, -0.2) is 4.98 Å². The fraction of sp³-hybridized carbons (Fsp3) is 0.111. The summed E-state index contributed by atoms with van der Waals surface area (Å²) >= 11 is 7.94. The molecular formula is C18H17Cl2N3OS. The molecule has 3 rings (SSSR count). The summed E-state index contributed by atoms with van der Waals surface area (Å²) in [6.45, 7) is 0.289. The Morgan fingerprint density at radius 3 is 2.56 bits per heavy atom. The normalized spacial score (nSPS) is 10.4. The van der Waals surface area contributed by atoms with E-state index in [0.717, 1.165) is 32.2 Å². The summed E-state index contributed by atoms with van der Waals surface area (Å²) in [6, 6.07) is 11.4. The molecule has 25 heavy (non-hydrogen) atoms. The molecule has 130 valence electrons. The minimum absolute atomic E-state index is 0. The number of nitrogens with two attached hydrogens (primary N) is 1. The average Bonchev–Trinajstić information content (AvgIpc) is 2.64. The number of nitrogens with zero attached hydrogens (tertiary/aromatic N) is 2. The Balaban J connectivity index is 0.00000225. The lowest BCUT2D eigenvalue weighted by Gasteiger charge is -2.13. The third-order valence-electron chi connectivity index (χ3n) is 3.55. The smallest absolute Gasteiger partial charge is 0.106 e. The summed E-state index contributed by atoms with van der Waals surface area (Å²) < 4.78 is 0. The number of hydrogen-bond donors (Lipinski definition) is 2. The number of halogens is 2. The maximum absolute atomic E-state index is 9.47. The number of aromatic nitrogens is 2. The number of benzene rings is 1. The maximum Gasteiger partial charge on any atom is 0.106 e. The van der Waals surface area contributed by atoms with Crippen LogP contribution in [0.5, 0.6) is 0 Å². The van der Waals surface area contributed by atoms with E-state index in [2.05, 4.69) is 9.97 Å². The highest BCUT2D eigenvalue weighted by atomic mass is 35.5. The number of aliphatic hydroxyl groups is 1. The zero-order chi connectivity index (χ0) is 16.9. The first-order valence-electron chi connectivity index (χ1n) is 7.38. The molecule has 0 atom stereocenters. The Kier molecular flexibility index (Phi) is 7.23. The molecule has 2 heterocycles. The predicted octanol–water partition coefficient (Wildman–Crippen LogP) is 4.32. The molecule has 0 aliphatic heterocycles. The lowest BCUT2D eigenvalue weighted by Crippen LogP contribution is -2.00. The summed E-state index contributed by atoms with van der Waals surface area (Å²) in [5.74, 6) is 0. The van der Waals surface area contributed by atoms with Crippen molar-refractivity contribution >= 4 is 35.8 Å². The average molecular weight is 394 g/mol. The van der Waals surface area contributed by atoms with Gasteiger partial charge in [0.25, 0.3) is 0 Å². The van der Waals surface area contributed by atoms with Crippen molar-refractivity contribution in [2.24, 2.45) is 5.73 Å². The standard InChI is InChI=1S/C18H16ClN3OS.ClH/c19-16-8-14(12-3-1-5-21-10-12)7-15(9-20)17(16)24-18-13(11-23)4-2-6-22-18;/h1-8,10,23H,9,11,20H2;1H. The SMILES string of the molecule is Cl.NCc1cc(-c2cccnc2)cc(Cl)c1Sc1ncccc1CO. The Morgan fingerprint density at radius 2 is 1.88 bits per heavy atom. The van der Waals surface area contributed by atoms with E-state index in [-0.39, 0.29) is 19.0 Å². The van der Waals surface area contributed by atoms with E-state index in [1.165, 1.54) is 11.8 Å². The second-order valence-corrected chi connectivity index (χ2v) is 6.53. The van der Waals surface area contributed by atoms with Gasteiger partial charge in [-0.2, -0.15) is 0 Å². The molecule has 7 heteroatoms. The van der Waals surface area contributed by atoms with Crippen molar-refractivity contribution < 1.29 is 5.11 Å². The van der Waals surface area contributed by atoms with Gasteiger partial charge in [-0.05, 0) is 35.4 Å². The zero-order valence-electron chi connectivity index (χ0n) is 13.2. The van der Waals surface area contributed by atoms with Gasteiger partial charge in [0, 0.05) is 41.2 Å². The van der Waals surface area contributed by atoms with Crippen molar-refractivity contribution in [3.8, 4) is 11.1 Å². The van der Waals surface area contributed by atoms with Crippen LogP contribution in [0, 0.1) is 0 Å². The molecule has 0 fully saturated rings. The summed E-state index contributed by atoms with van der Waals surface area (Å²) in [5.41, 5.74) is 9.59. The van der Waals surface area contributed by atoms with Crippen LogP contribution in [0.25, 0.3) is 11.1 Å². The summed E-state index contributed by atoms with van der Waals surface area (Å²) in [7, 11) is 0.